The van der Waals surface area contributed by atoms with Crippen LogP contribution in [0.3, 0.4) is 0 Å². The van der Waals surface area contributed by atoms with E-state index in [9.17, 15) is 9.59 Å². The van der Waals surface area contributed by atoms with Crippen LogP contribution in [0.4, 0.5) is 5.82 Å². The molecule has 1 unspecified atom stereocenters. The van der Waals surface area contributed by atoms with Crippen LogP contribution in [0.1, 0.15) is 54.4 Å². The Kier molecular flexibility index (Phi) is 6.28. The number of allylic oxidation sites excluding steroid dienone is 2. The number of carbonyl (C=O) groups excluding carboxylic acids is 1. The highest BCUT2D eigenvalue weighted by Gasteiger charge is 2.37. The summed E-state index contributed by atoms with van der Waals surface area (Å²) in [6.45, 7) is 4.58. The Hall–Kier alpha value is -3.32. The van der Waals surface area contributed by atoms with Gasteiger partial charge in [0.2, 0.25) is 0 Å². The van der Waals surface area contributed by atoms with Crippen molar-refractivity contribution in [3.05, 3.63) is 92.4 Å². The third-order valence-corrected chi connectivity index (χ3v) is 7.20. The molecule has 0 fully saturated rings. The van der Waals surface area contributed by atoms with Gasteiger partial charge in [-0.2, -0.15) is 0 Å². The van der Waals surface area contributed by atoms with E-state index in [-0.39, 0.29) is 11.3 Å². The zero-order valence-corrected chi connectivity index (χ0v) is 20.1. The van der Waals surface area contributed by atoms with Crippen LogP contribution in [0, 0.1) is 6.92 Å². The van der Waals surface area contributed by atoms with Crippen LogP contribution in [0.15, 0.2) is 69.8 Å². The van der Waals surface area contributed by atoms with Crippen LogP contribution in [0.5, 0.6) is 5.75 Å². The number of fused-ring (bicyclic) bond motifs is 1. The molecule has 1 aliphatic carbocycles. The third kappa shape index (κ3) is 4.40. The van der Waals surface area contributed by atoms with Crippen molar-refractivity contribution in [1.82, 2.24) is 9.97 Å². The Balaban J connectivity index is 1.52. The lowest BCUT2D eigenvalue weighted by molar-refractivity contribution is -0.116. The molecule has 2 heterocycles. The van der Waals surface area contributed by atoms with Gasteiger partial charge in [-0.3, -0.25) is 9.59 Å². The molecule has 2 aliphatic rings. The van der Waals surface area contributed by atoms with Crippen LogP contribution in [-0.2, 0) is 10.5 Å². The second kappa shape index (κ2) is 9.50. The zero-order valence-electron chi connectivity index (χ0n) is 19.3. The molecule has 1 aromatic heterocycles. The Bertz CT molecular complexity index is 1310. The smallest absolute Gasteiger partial charge is 0.257 e. The van der Waals surface area contributed by atoms with E-state index in [1.165, 1.54) is 22.9 Å². The minimum atomic E-state index is -0.442. The highest BCUT2D eigenvalue weighted by atomic mass is 32.2. The minimum absolute atomic E-state index is 0.0931. The molecule has 2 N–H and O–H groups in total. The molecule has 0 bridgehead atoms. The molecule has 0 amide bonds. The van der Waals surface area contributed by atoms with Crippen LogP contribution < -0.4 is 15.6 Å². The Morgan fingerprint density at radius 3 is 2.56 bits per heavy atom. The van der Waals surface area contributed by atoms with Gasteiger partial charge in [-0.1, -0.05) is 53.7 Å². The lowest BCUT2D eigenvalue weighted by Gasteiger charge is -2.32. The van der Waals surface area contributed by atoms with E-state index in [0.29, 0.717) is 40.9 Å². The lowest BCUT2D eigenvalue weighted by atomic mass is 9.76. The van der Waals surface area contributed by atoms with Gasteiger partial charge in [0.25, 0.3) is 5.56 Å². The van der Waals surface area contributed by atoms with Gasteiger partial charge in [-0.25, -0.2) is 4.98 Å². The highest BCUT2D eigenvalue weighted by molar-refractivity contribution is 7.98. The molecule has 0 radical (unpaired) electrons. The number of anilines is 1. The van der Waals surface area contributed by atoms with Gasteiger partial charge in [-0.15, -0.1) is 0 Å². The second-order valence-corrected chi connectivity index (χ2v) is 9.60. The number of rotatable bonds is 6. The predicted octanol–water partition coefficient (Wildman–Crippen LogP) is 5.33. The number of hydrogen-bond acceptors (Lipinski definition) is 6. The van der Waals surface area contributed by atoms with Crippen LogP contribution in [0.25, 0.3) is 0 Å². The first-order chi connectivity index (χ1) is 16.5. The first kappa shape index (κ1) is 22.5. The van der Waals surface area contributed by atoms with Gasteiger partial charge in [0.05, 0.1) is 12.2 Å². The maximum atomic E-state index is 13.4. The summed E-state index contributed by atoms with van der Waals surface area (Å²) < 4.78 is 5.58. The summed E-state index contributed by atoms with van der Waals surface area (Å²) in [5.41, 5.74) is 5.13. The molecule has 0 saturated carbocycles. The number of aromatic nitrogens is 2. The topological polar surface area (TPSA) is 84.1 Å². The summed E-state index contributed by atoms with van der Waals surface area (Å²) in [6.07, 6.45) is 2.07. The number of H-pyrrole nitrogens is 1. The van der Waals surface area contributed by atoms with Crippen LogP contribution >= 0.6 is 11.8 Å². The molecule has 2 aromatic carbocycles. The summed E-state index contributed by atoms with van der Waals surface area (Å²) in [7, 11) is 0. The van der Waals surface area contributed by atoms with Crippen molar-refractivity contribution in [2.75, 3.05) is 11.9 Å². The summed E-state index contributed by atoms with van der Waals surface area (Å²) in [4.78, 5) is 34.1. The average molecular weight is 474 g/mol. The van der Waals surface area contributed by atoms with Gasteiger partial charge >= 0.3 is 0 Å². The average Bonchev–Trinajstić information content (AvgIpc) is 2.83. The van der Waals surface area contributed by atoms with E-state index in [2.05, 4.69) is 41.5 Å². The standard InChI is InChI=1S/C27H27N3O3S/c1-3-33-19-13-11-18(12-14-19)22-23-20(5-4-6-21(23)31)28-25-24(22)26(32)30-27(29-25)34-15-17-9-7-16(2)8-10-17/h7-14,22H,3-6,15H2,1-2H3,(H2,28,29,30,32). The van der Waals surface area contributed by atoms with Crippen molar-refractivity contribution in [2.45, 2.75) is 49.9 Å². The zero-order chi connectivity index (χ0) is 23.7. The maximum Gasteiger partial charge on any atom is 0.257 e. The van der Waals surface area contributed by atoms with E-state index >= 15 is 0 Å². The molecule has 34 heavy (non-hydrogen) atoms. The van der Waals surface area contributed by atoms with E-state index < -0.39 is 5.92 Å². The molecule has 6 nitrogen and oxygen atoms in total. The number of hydrogen-bond donors (Lipinski definition) is 2. The Morgan fingerprint density at radius 2 is 1.82 bits per heavy atom. The quantitative estimate of drug-likeness (QED) is 0.372. The molecule has 174 valence electrons. The second-order valence-electron chi connectivity index (χ2n) is 8.64. The normalized spacial score (nSPS) is 17.1. The van der Waals surface area contributed by atoms with Crippen molar-refractivity contribution in [3.63, 3.8) is 0 Å². The van der Waals surface area contributed by atoms with Gasteiger partial charge in [0.15, 0.2) is 10.9 Å². The number of Topliss-reactive ketones (excluding diaryl/α,β-unsaturated/α-hetero) is 1. The molecule has 3 aromatic rings. The number of ketones is 1. The number of nitrogens with one attached hydrogen (secondary N) is 2. The number of benzene rings is 2. The fourth-order valence-corrected chi connectivity index (χ4v) is 5.42. The number of nitrogens with zero attached hydrogens (tertiary/aromatic N) is 1. The van der Waals surface area contributed by atoms with Crippen molar-refractivity contribution in [2.24, 2.45) is 0 Å². The summed E-state index contributed by atoms with van der Waals surface area (Å²) in [6, 6.07) is 16.0. The highest BCUT2D eigenvalue weighted by Crippen LogP contribution is 2.43. The van der Waals surface area contributed by atoms with Crippen molar-refractivity contribution < 1.29 is 9.53 Å². The predicted molar refractivity (Wildman–Crippen MR) is 135 cm³/mol. The number of aromatic amines is 1. The minimum Gasteiger partial charge on any atom is -0.494 e. The lowest BCUT2D eigenvalue weighted by Crippen LogP contribution is -2.32. The Labute approximate surface area is 202 Å². The molecule has 7 heteroatoms. The van der Waals surface area contributed by atoms with Gasteiger partial charge < -0.3 is 15.0 Å². The van der Waals surface area contributed by atoms with Crippen molar-refractivity contribution in [3.8, 4) is 5.75 Å². The van der Waals surface area contributed by atoms with E-state index in [0.717, 1.165) is 29.9 Å². The summed E-state index contributed by atoms with van der Waals surface area (Å²) >= 11 is 1.49. The molecular formula is C27H27N3O3S. The van der Waals surface area contributed by atoms with Crippen molar-refractivity contribution >= 4 is 23.4 Å². The third-order valence-electron chi connectivity index (χ3n) is 6.26. The molecule has 5 rings (SSSR count). The van der Waals surface area contributed by atoms with Crippen LogP contribution in [-0.4, -0.2) is 22.4 Å². The molecular weight excluding hydrogens is 446 g/mol. The van der Waals surface area contributed by atoms with Gasteiger partial charge in [0, 0.05) is 29.4 Å². The first-order valence-electron chi connectivity index (χ1n) is 11.6. The maximum absolute atomic E-state index is 13.4. The molecule has 1 aliphatic heterocycles. The van der Waals surface area contributed by atoms with Crippen LogP contribution in [0.2, 0.25) is 0 Å². The van der Waals surface area contributed by atoms with Gasteiger partial charge in [-0.05, 0) is 49.9 Å². The summed E-state index contributed by atoms with van der Waals surface area (Å²) in [5, 5.41) is 3.90. The number of thioether (sulfide) groups is 1. The fraction of sp³-hybridized carbons (Fsp3) is 0.296. The monoisotopic (exact) mass is 473 g/mol. The van der Waals surface area contributed by atoms with E-state index in [4.69, 9.17) is 9.72 Å². The van der Waals surface area contributed by atoms with Crippen molar-refractivity contribution in [1.29, 1.82) is 0 Å². The Morgan fingerprint density at radius 1 is 1.06 bits per heavy atom. The van der Waals surface area contributed by atoms with E-state index in [1.807, 2.05) is 31.2 Å². The van der Waals surface area contributed by atoms with E-state index in [1.54, 1.807) is 0 Å². The number of ether oxygens (including phenoxy) is 1. The number of carbonyl (C=O) groups is 1. The fourth-order valence-electron chi connectivity index (χ4n) is 4.60. The first-order valence-corrected chi connectivity index (χ1v) is 12.6. The van der Waals surface area contributed by atoms with Gasteiger partial charge in [0.1, 0.15) is 11.6 Å². The largest absolute Gasteiger partial charge is 0.494 e. The summed E-state index contributed by atoms with van der Waals surface area (Å²) in [5.74, 6) is 1.66. The SMILES string of the molecule is CCOc1ccc(C2C3=C(CCCC3=O)Nc3nc(SCc4ccc(C)cc4)[nH]c(=O)c32)cc1. The molecule has 0 spiro atoms. The molecule has 0 saturated heterocycles. The molecule has 1 atom stereocenters. The number of aryl methyl sites for hydroxylation is 1.